The second-order valence-electron chi connectivity index (χ2n) is 4.78. The predicted octanol–water partition coefficient (Wildman–Crippen LogP) is 2.15. The Labute approximate surface area is 134 Å². The molecule has 3 N–H and O–H groups in total. The van der Waals surface area contributed by atoms with E-state index in [0.29, 0.717) is 16.8 Å². The minimum atomic E-state index is -3.50. The van der Waals surface area contributed by atoms with Crippen LogP contribution in [-0.2, 0) is 20.6 Å². The molecule has 0 aliphatic carbocycles. The van der Waals surface area contributed by atoms with Crippen molar-refractivity contribution in [1.29, 1.82) is 0 Å². The summed E-state index contributed by atoms with van der Waals surface area (Å²) in [4.78, 5) is 10.9. The molecule has 0 fully saturated rings. The summed E-state index contributed by atoms with van der Waals surface area (Å²) >= 11 is 0. The number of carbonyl (C=O) groups excluding carboxylic acids is 1. The van der Waals surface area contributed by atoms with Crippen molar-refractivity contribution in [3.05, 3.63) is 71.8 Å². The van der Waals surface area contributed by atoms with Crippen molar-refractivity contribution in [3.63, 3.8) is 0 Å². The monoisotopic (exact) mass is 332 g/mol. The molecule has 2 aromatic carbocycles. The van der Waals surface area contributed by atoms with Crippen LogP contribution in [0.1, 0.15) is 11.1 Å². The van der Waals surface area contributed by atoms with E-state index in [1.807, 2.05) is 0 Å². The van der Waals surface area contributed by atoms with E-state index in [1.165, 1.54) is 17.6 Å². The average Bonchev–Trinajstić information content (AvgIpc) is 2.54. The lowest BCUT2D eigenvalue weighted by molar-refractivity contribution is -0.124. The average molecular weight is 332 g/mol. The zero-order chi connectivity index (χ0) is 16.7. The van der Waals surface area contributed by atoms with Crippen LogP contribution in [0.4, 0.5) is 5.69 Å². The number of hydroxylamine groups is 1. The van der Waals surface area contributed by atoms with E-state index in [0.717, 1.165) is 0 Å². The van der Waals surface area contributed by atoms with Gasteiger partial charge in [0.05, 0.1) is 5.75 Å². The number of rotatable bonds is 6. The highest BCUT2D eigenvalue weighted by molar-refractivity contribution is 7.91. The maximum Gasteiger partial charge on any atom is 0.267 e. The predicted molar refractivity (Wildman–Crippen MR) is 88.1 cm³/mol. The number of benzene rings is 2. The van der Waals surface area contributed by atoms with Gasteiger partial charge in [-0.1, -0.05) is 42.5 Å². The molecule has 1 amide bonds. The van der Waals surface area contributed by atoms with Gasteiger partial charge in [0.25, 0.3) is 5.91 Å². The fourth-order valence-electron chi connectivity index (χ4n) is 1.88. The van der Waals surface area contributed by atoms with Crippen molar-refractivity contribution in [2.75, 3.05) is 4.72 Å². The number of para-hydroxylation sites is 1. The number of amides is 1. The Bertz CT molecular complexity index is 785. The maximum absolute atomic E-state index is 12.1. The second-order valence-corrected chi connectivity index (χ2v) is 6.50. The van der Waals surface area contributed by atoms with Crippen LogP contribution >= 0.6 is 0 Å². The van der Waals surface area contributed by atoms with Crippen LogP contribution in [0, 0.1) is 0 Å². The third kappa shape index (κ3) is 5.57. The normalized spacial score (nSPS) is 11.3. The van der Waals surface area contributed by atoms with Crippen LogP contribution in [0.15, 0.2) is 60.7 Å². The molecular formula is C16H16N2O4S. The number of hydrogen-bond donors (Lipinski definition) is 3. The number of sulfonamides is 1. The fraction of sp³-hybridized carbons (Fsp3) is 0.0625. The van der Waals surface area contributed by atoms with E-state index in [4.69, 9.17) is 5.21 Å². The lowest BCUT2D eigenvalue weighted by Gasteiger charge is -2.08. The Morgan fingerprint density at radius 2 is 1.70 bits per heavy atom. The molecule has 23 heavy (non-hydrogen) atoms. The quantitative estimate of drug-likeness (QED) is 0.429. The third-order valence-electron chi connectivity index (χ3n) is 2.92. The van der Waals surface area contributed by atoms with Gasteiger partial charge in [-0.25, -0.2) is 13.9 Å². The third-order valence-corrected chi connectivity index (χ3v) is 4.18. The zero-order valence-corrected chi connectivity index (χ0v) is 13.0. The van der Waals surface area contributed by atoms with E-state index < -0.39 is 15.9 Å². The molecule has 0 radical (unpaired) electrons. The van der Waals surface area contributed by atoms with Crippen molar-refractivity contribution >= 4 is 27.7 Å². The van der Waals surface area contributed by atoms with E-state index >= 15 is 0 Å². The highest BCUT2D eigenvalue weighted by Crippen LogP contribution is 2.13. The summed E-state index contributed by atoms with van der Waals surface area (Å²) in [7, 11) is -3.50. The van der Waals surface area contributed by atoms with Gasteiger partial charge in [0.2, 0.25) is 10.0 Å². The van der Waals surface area contributed by atoms with Crippen LogP contribution in [0.25, 0.3) is 6.08 Å². The number of carbonyl (C=O) groups is 1. The van der Waals surface area contributed by atoms with Gasteiger partial charge in [-0.05, 0) is 29.3 Å². The van der Waals surface area contributed by atoms with E-state index in [-0.39, 0.29) is 5.75 Å². The Hall–Kier alpha value is -2.64. The fourth-order valence-corrected chi connectivity index (χ4v) is 3.07. The summed E-state index contributed by atoms with van der Waals surface area (Å²) in [5, 5.41) is 8.38. The Morgan fingerprint density at radius 1 is 1.04 bits per heavy atom. The first kappa shape index (κ1) is 16.7. The molecule has 0 aliphatic rings. The highest BCUT2D eigenvalue weighted by Gasteiger charge is 2.11. The molecule has 6 nitrogen and oxygen atoms in total. The highest BCUT2D eigenvalue weighted by atomic mass is 32.2. The van der Waals surface area contributed by atoms with Crippen molar-refractivity contribution in [3.8, 4) is 0 Å². The van der Waals surface area contributed by atoms with Gasteiger partial charge in [0.1, 0.15) is 0 Å². The second kappa shape index (κ2) is 7.57. The first-order valence-corrected chi connectivity index (χ1v) is 8.40. The molecule has 0 spiro atoms. The van der Waals surface area contributed by atoms with Gasteiger partial charge in [-0.2, -0.15) is 0 Å². The van der Waals surface area contributed by atoms with Crippen molar-refractivity contribution in [2.45, 2.75) is 5.75 Å². The molecule has 2 aromatic rings. The van der Waals surface area contributed by atoms with Crippen molar-refractivity contribution in [1.82, 2.24) is 5.48 Å². The number of hydrogen-bond acceptors (Lipinski definition) is 4. The molecule has 0 saturated carbocycles. The first-order chi connectivity index (χ1) is 11.0. The van der Waals surface area contributed by atoms with E-state index in [1.54, 1.807) is 54.6 Å². The largest absolute Gasteiger partial charge is 0.288 e. The van der Waals surface area contributed by atoms with Gasteiger partial charge in [-0.15, -0.1) is 0 Å². The summed E-state index contributed by atoms with van der Waals surface area (Å²) in [6.07, 6.45) is 2.68. The molecule has 0 aromatic heterocycles. The molecule has 0 atom stereocenters. The van der Waals surface area contributed by atoms with Crippen LogP contribution < -0.4 is 10.2 Å². The standard InChI is InChI=1S/C16H16N2O4S/c19-16(17-20)11-10-13-6-8-14(9-7-13)12-23(21,22)18-15-4-2-1-3-5-15/h1-11,18,20H,12H2,(H,17,19)/b11-10+. The molecule has 0 heterocycles. The van der Waals surface area contributed by atoms with Crippen LogP contribution in [0.2, 0.25) is 0 Å². The summed E-state index contributed by atoms with van der Waals surface area (Å²) in [5.41, 5.74) is 3.34. The van der Waals surface area contributed by atoms with Gasteiger partial charge in [-0.3, -0.25) is 14.7 Å². The van der Waals surface area contributed by atoms with Crippen LogP contribution in [0.5, 0.6) is 0 Å². The molecule has 0 aliphatic heterocycles. The van der Waals surface area contributed by atoms with Gasteiger partial charge < -0.3 is 0 Å². The van der Waals surface area contributed by atoms with Crippen molar-refractivity contribution in [2.24, 2.45) is 0 Å². The topological polar surface area (TPSA) is 95.5 Å². The molecular weight excluding hydrogens is 316 g/mol. The molecule has 2 rings (SSSR count). The Morgan fingerprint density at radius 3 is 2.30 bits per heavy atom. The first-order valence-electron chi connectivity index (χ1n) is 6.75. The van der Waals surface area contributed by atoms with Gasteiger partial charge >= 0.3 is 0 Å². The minimum absolute atomic E-state index is 0.150. The smallest absolute Gasteiger partial charge is 0.267 e. The van der Waals surface area contributed by atoms with Gasteiger partial charge in [0.15, 0.2) is 0 Å². The summed E-state index contributed by atoms with van der Waals surface area (Å²) in [6, 6.07) is 15.4. The maximum atomic E-state index is 12.1. The Balaban J connectivity index is 2.02. The SMILES string of the molecule is O=C(/C=C/c1ccc(CS(=O)(=O)Nc2ccccc2)cc1)NO. The summed E-state index contributed by atoms with van der Waals surface area (Å²) in [5.74, 6) is -0.785. The summed E-state index contributed by atoms with van der Waals surface area (Å²) in [6.45, 7) is 0. The molecule has 0 bridgehead atoms. The Kier molecular flexibility index (Phi) is 5.51. The number of nitrogens with one attached hydrogen (secondary N) is 2. The molecule has 0 unspecified atom stereocenters. The number of anilines is 1. The van der Waals surface area contributed by atoms with E-state index in [2.05, 4.69) is 4.72 Å². The molecule has 7 heteroatoms. The van der Waals surface area contributed by atoms with Crippen LogP contribution in [-0.4, -0.2) is 19.5 Å². The lowest BCUT2D eigenvalue weighted by atomic mass is 10.1. The van der Waals surface area contributed by atoms with E-state index in [9.17, 15) is 13.2 Å². The lowest BCUT2D eigenvalue weighted by Crippen LogP contribution is -2.15. The summed E-state index contributed by atoms with van der Waals surface area (Å²) < 4.78 is 26.7. The molecule has 0 saturated heterocycles. The minimum Gasteiger partial charge on any atom is -0.288 e. The zero-order valence-electron chi connectivity index (χ0n) is 12.1. The van der Waals surface area contributed by atoms with Gasteiger partial charge in [0, 0.05) is 11.8 Å². The molecule has 120 valence electrons. The van der Waals surface area contributed by atoms with Crippen LogP contribution in [0.3, 0.4) is 0 Å². The van der Waals surface area contributed by atoms with Crippen molar-refractivity contribution < 1.29 is 18.4 Å².